The van der Waals surface area contributed by atoms with Gasteiger partial charge >= 0.3 is 0 Å². The van der Waals surface area contributed by atoms with E-state index in [-0.39, 0.29) is 11.9 Å². The van der Waals surface area contributed by atoms with Crippen molar-refractivity contribution in [2.75, 3.05) is 0 Å². The van der Waals surface area contributed by atoms with Gasteiger partial charge in [-0.05, 0) is 38.3 Å². The van der Waals surface area contributed by atoms with E-state index in [0.717, 1.165) is 17.9 Å². The zero-order valence-corrected chi connectivity index (χ0v) is 10.5. The van der Waals surface area contributed by atoms with Crippen molar-refractivity contribution in [3.63, 3.8) is 0 Å². The highest BCUT2D eigenvalue weighted by molar-refractivity contribution is 5.76. The molecule has 0 saturated carbocycles. The molecule has 1 aromatic heterocycles. The Balaban J connectivity index is 2.39. The molecule has 1 rings (SSSR count). The molecule has 0 saturated heterocycles. The van der Waals surface area contributed by atoms with Crippen LogP contribution in [0.1, 0.15) is 51.2 Å². The number of hydrogen-bond acceptors (Lipinski definition) is 2. The van der Waals surface area contributed by atoms with Crippen molar-refractivity contribution in [2.45, 2.75) is 46.6 Å². The first-order valence-corrected chi connectivity index (χ1v) is 5.84. The smallest absolute Gasteiger partial charge is 0.220 e. The Bertz CT molecular complexity index is 341. The van der Waals surface area contributed by atoms with Gasteiger partial charge in [-0.25, -0.2) is 0 Å². The van der Waals surface area contributed by atoms with Crippen LogP contribution in [-0.4, -0.2) is 5.91 Å². The average molecular weight is 223 g/mol. The van der Waals surface area contributed by atoms with E-state index in [2.05, 4.69) is 19.2 Å². The molecule has 0 aromatic carbocycles. The molecule has 90 valence electrons. The first kappa shape index (κ1) is 12.8. The molecule has 1 N–H and O–H groups in total. The van der Waals surface area contributed by atoms with Crippen molar-refractivity contribution in [2.24, 2.45) is 5.92 Å². The predicted molar refractivity (Wildman–Crippen MR) is 64.1 cm³/mol. The van der Waals surface area contributed by atoms with Gasteiger partial charge in [-0.3, -0.25) is 4.79 Å². The predicted octanol–water partition coefficient (Wildman–Crippen LogP) is 3.20. The van der Waals surface area contributed by atoms with Gasteiger partial charge in [-0.15, -0.1) is 0 Å². The molecule has 0 bridgehead atoms. The number of hydrogen-bond donors (Lipinski definition) is 1. The van der Waals surface area contributed by atoms with Gasteiger partial charge in [-0.1, -0.05) is 13.8 Å². The number of furan rings is 1. The maximum absolute atomic E-state index is 11.6. The maximum atomic E-state index is 11.6. The zero-order valence-electron chi connectivity index (χ0n) is 10.5. The second-order valence-corrected chi connectivity index (χ2v) is 4.67. The molecule has 1 aromatic rings. The van der Waals surface area contributed by atoms with Crippen molar-refractivity contribution < 1.29 is 9.21 Å². The maximum Gasteiger partial charge on any atom is 0.220 e. The molecule has 16 heavy (non-hydrogen) atoms. The van der Waals surface area contributed by atoms with E-state index in [1.807, 2.05) is 26.0 Å². The van der Waals surface area contributed by atoms with E-state index >= 15 is 0 Å². The molecule has 0 aliphatic carbocycles. The standard InChI is InChI=1S/C13H21NO2/c1-9(2)5-8-13(15)14-11(4)12-7-6-10(3)16-12/h6-7,9,11H,5,8H2,1-4H3,(H,14,15). The van der Waals surface area contributed by atoms with Crippen LogP contribution in [0.4, 0.5) is 0 Å². The SMILES string of the molecule is Cc1ccc(C(C)NC(=O)CCC(C)C)o1. The number of carbonyl (C=O) groups is 1. The summed E-state index contributed by atoms with van der Waals surface area (Å²) in [5.74, 6) is 2.34. The van der Waals surface area contributed by atoms with Crippen LogP contribution in [0.5, 0.6) is 0 Å². The minimum absolute atomic E-state index is 0.0478. The topological polar surface area (TPSA) is 42.2 Å². The fourth-order valence-electron chi connectivity index (χ4n) is 1.49. The van der Waals surface area contributed by atoms with Gasteiger partial charge in [0.1, 0.15) is 11.5 Å². The normalized spacial score (nSPS) is 12.8. The fraction of sp³-hybridized carbons (Fsp3) is 0.615. The lowest BCUT2D eigenvalue weighted by atomic mass is 10.1. The highest BCUT2D eigenvalue weighted by Gasteiger charge is 2.12. The molecule has 0 fully saturated rings. The monoisotopic (exact) mass is 223 g/mol. The number of rotatable bonds is 5. The summed E-state index contributed by atoms with van der Waals surface area (Å²) in [5, 5.41) is 2.93. The van der Waals surface area contributed by atoms with E-state index in [1.54, 1.807) is 0 Å². The summed E-state index contributed by atoms with van der Waals surface area (Å²) >= 11 is 0. The minimum Gasteiger partial charge on any atom is -0.464 e. The fourth-order valence-corrected chi connectivity index (χ4v) is 1.49. The van der Waals surface area contributed by atoms with E-state index in [0.29, 0.717) is 12.3 Å². The van der Waals surface area contributed by atoms with E-state index in [9.17, 15) is 4.79 Å². The summed E-state index contributed by atoms with van der Waals surface area (Å²) in [6.07, 6.45) is 1.51. The van der Waals surface area contributed by atoms with Crippen LogP contribution >= 0.6 is 0 Å². The molecular formula is C13H21NO2. The summed E-state index contributed by atoms with van der Waals surface area (Å²) in [7, 11) is 0. The number of amides is 1. The van der Waals surface area contributed by atoms with Crippen LogP contribution in [-0.2, 0) is 4.79 Å². The van der Waals surface area contributed by atoms with Crippen LogP contribution in [0.2, 0.25) is 0 Å². The summed E-state index contributed by atoms with van der Waals surface area (Å²) in [4.78, 5) is 11.6. The molecule has 0 aliphatic heterocycles. The van der Waals surface area contributed by atoms with Crippen LogP contribution in [0.3, 0.4) is 0 Å². The average Bonchev–Trinajstić information content (AvgIpc) is 2.62. The molecule has 0 spiro atoms. The molecule has 3 heteroatoms. The third kappa shape index (κ3) is 4.09. The van der Waals surface area contributed by atoms with Crippen molar-refractivity contribution in [1.82, 2.24) is 5.32 Å². The Kier molecular flexibility index (Phi) is 4.59. The summed E-state index contributed by atoms with van der Waals surface area (Å²) in [5.41, 5.74) is 0. The second-order valence-electron chi connectivity index (χ2n) is 4.67. The lowest BCUT2D eigenvalue weighted by molar-refractivity contribution is -0.122. The Labute approximate surface area is 97.2 Å². The summed E-state index contributed by atoms with van der Waals surface area (Å²) in [6.45, 7) is 8.07. The van der Waals surface area contributed by atoms with E-state index in [4.69, 9.17) is 4.42 Å². The van der Waals surface area contributed by atoms with Crippen LogP contribution in [0.25, 0.3) is 0 Å². The van der Waals surface area contributed by atoms with Gasteiger partial charge in [0, 0.05) is 6.42 Å². The van der Waals surface area contributed by atoms with Crippen molar-refractivity contribution in [1.29, 1.82) is 0 Å². The number of carbonyl (C=O) groups excluding carboxylic acids is 1. The first-order valence-electron chi connectivity index (χ1n) is 5.84. The van der Waals surface area contributed by atoms with Crippen molar-refractivity contribution in [3.05, 3.63) is 23.7 Å². The quantitative estimate of drug-likeness (QED) is 0.833. The number of nitrogens with one attached hydrogen (secondary N) is 1. The third-order valence-corrected chi connectivity index (χ3v) is 2.51. The van der Waals surface area contributed by atoms with Crippen LogP contribution < -0.4 is 5.32 Å². The Morgan fingerprint density at radius 2 is 2.06 bits per heavy atom. The van der Waals surface area contributed by atoms with E-state index in [1.165, 1.54) is 0 Å². The zero-order chi connectivity index (χ0) is 12.1. The van der Waals surface area contributed by atoms with Crippen molar-refractivity contribution in [3.8, 4) is 0 Å². The van der Waals surface area contributed by atoms with E-state index < -0.39 is 0 Å². The van der Waals surface area contributed by atoms with Gasteiger partial charge in [0.05, 0.1) is 6.04 Å². The molecule has 0 radical (unpaired) electrons. The lowest BCUT2D eigenvalue weighted by Gasteiger charge is -2.12. The van der Waals surface area contributed by atoms with Crippen LogP contribution in [0.15, 0.2) is 16.5 Å². The molecule has 1 atom stereocenters. The first-order chi connectivity index (χ1) is 7.49. The highest BCUT2D eigenvalue weighted by Crippen LogP contribution is 2.15. The third-order valence-electron chi connectivity index (χ3n) is 2.51. The molecule has 1 heterocycles. The Hall–Kier alpha value is -1.25. The second kappa shape index (κ2) is 5.73. The lowest BCUT2D eigenvalue weighted by Crippen LogP contribution is -2.26. The van der Waals surface area contributed by atoms with Gasteiger partial charge < -0.3 is 9.73 Å². The Morgan fingerprint density at radius 1 is 1.38 bits per heavy atom. The van der Waals surface area contributed by atoms with Crippen molar-refractivity contribution >= 4 is 5.91 Å². The van der Waals surface area contributed by atoms with Gasteiger partial charge in [0.25, 0.3) is 0 Å². The summed E-state index contributed by atoms with van der Waals surface area (Å²) < 4.78 is 5.46. The van der Waals surface area contributed by atoms with Gasteiger partial charge in [0.2, 0.25) is 5.91 Å². The largest absolute Gasteiger partial charge is 0.464 e. The van der Waals surface area contributed by atoms with Gasteiger partial charge in [0.15, 0.2) is 0 Å². The molecular weight excluding hydrogens is 202 g/mol. The number of aryl methyl sites for hydroxylation is 1. The molecule has 3 nitrogen and oxygen atoms in total. The minimum atomic E-state index is -0.0478. The Morgan fingerprint density at radius 3 is 2.56 bits per heavy atom. The molecule has 1 unspecified atom stereocenters. The van der Waals surface area contributed by atoms with Gasteiger partial charge in [-0.2, -0.15) is 0 Å². The molecule has 1 amide bonds. The van der Waals surface area contributed by atoms with Crippen LogP contribution in [0, 0.1) is 12.8 Å². The highest BCUT2D eigenvalue weighted by atomic mass is 16.3. The molecule has 0 aliphatic rings. The summed E-state index contributed by atoms with van der Waals surface area (Å²) in [6, 6.07) is 3.77.